The standard InChI is InChI=1S/C15H23N3O/c1-3-17-12(2)11-15(19)18-10-4-5-14(18)13-6-8-16-9-7-13/h6-9,12,14,17H,3-5,10-11H2,1-2H3. The fraction of sp³-hybridized carbons (Fsp3) is 0.600. The first-order valence-electron chi connectivity index (χ1n) is 7.15. The minimum atomic E-state index is 0.240. The van der Waals surface area contributed by atoms with Gasteiger partial charge in [0.2, 0.25) is 5.91 Å². The summed E-state index contributed by atoms with van der Waals surface area (Å²) in [5.74, 6) is 0.257. The van der Waals surface area contributed by atoms with Crippen molar-refractivity contribution in [2.24, 2.45) is 0 Å². The molecular weight excluding hydrogens is 238 g/mol. The van der Waals surface area contributed by atoms with Crippen molar-refractivity contribution in [1.29, 1.82) is 0 Å². The van der Waals surface area contributed by atoms with Crippen LogP contribution in [-0.2, 0) is 4.79 Å². The van der Waals surface area contributed by atoms with Crippen LogP contribution in [0.4, 0.5) is 0 Å². The van der Waals surface area contributed by atoms with Crippen LogP contribution in [0.25, 0.3) is 0 Å². The summed E-state index contributed by atoms with van der Waals surface area (Å²) in [5, 5.41) is 3.30. The van der Waals surface area contributed by atoms with Crippen LogP contribution in [0.3, 0.4) is 0 Å². The van der Waals surface area contributed by atoms with E-state index in [9.17, 15) is 4.79 Å². The Morgan fingerprint density at radius 3 is 2.95 bits per heavy atom. The van der Waals surface area contributed by atoms with E-state index < -0.39 is 0 Å². The first kappa shape index (κ1) is 14.0. The number of likely N-dealkylation sites (tertiary alicyclic amines) is 1. The highest BCUT2D eigenvalue weighted by molar-refractivity contribution is 5.77. The highest BCUT2D eigenvalue weighted by atomic mass is 16.2. The first-order chi connectivity index (χ1) is 9.22. The quantitative estimate of drug-likeness (QED) is 0.883. The van der Waals surface area contributed by atoms with Gasteiger partial charge in [-0.1, -0.05) is 6.92 Å². The summed E-state index contributed by atoms with van der Waals surface area (Å²) in [4.78, 5) is 18.5. The molecule has 2 unspecified atom stereocenters. The van der Waals surface area contributed by atoms with E-state index in [1.165, 1.54) is 5.56 Å². The van der Waals surface area contributed by atoms with Crippen molar-refractivity contribution in [3.63, 3.8) is 0 Å². The van der Waals surface area contributed by atoms with Gasteiger partial charge in [-0.15, -0.1) is 0 Å². The number of pyridine rings is 1. The monoisotopic (exact) mass is 261 g/mol. The van der Waals surface area contributed by atoms with Crippen LogP contribution in [0.1, 0.15) is 44.7 Å². The second kappa shape index (κ2) is 6.66. The van der Waals surface area contributed by atoms with Gasteiger partial charge in [0.05, 0.1) is 6.04 Å². The molecule has 2 heterocycles. The molecule has 1 aliphatic rings. The molecule has 0 aliphatic carbocycles. The van der Waals surface area contributed by atoms with Gasteiger partial charge in [0.15, 0.2) is 0 Å². The molecule has 0 aromatic carbocycles. The third-order valence-electron chi connectivity index (χ3n) is 3.70. The first-order valence-corrected chi connectivity index (χ1v) is 7.15. The number of carbonyl (C=O) groups excluding carboxylic acids is 1. The van der Waals surface area contributed by atoms with Crippen LogP contribution in [0.5, 0.6) is 0 Å². The van der Waals surface area contributed by atoms with Crippen molar-refractivity contribution >= 4 is 5.91 Å². The maximum absolute atomic E-state index is 12.4. The predicted octanol–water partition coefficient (Wildman–Crippen LogP) is 2.13. The van der Waals surface area contributed by atoms with Gasteiger partial charge >= 0.3 is 0 Å². The molecule has 0 radical (unpaired) electrons. The molecule has 19 heavy (non-hydrogen) atoms. The molecule has 2 rings (SSSR count). The summed E-state index contributed by atoms with van der Waals surface area (Å²) < 4.78 is 0. The van der Waals surface area contributed by atoms with Crippen molar-refractivity contribution < 1.29 is 4.79 Å². The zero-order valence-corrected chi connectivity index (χ0v) is 11.8. The Hall–Kier alpha value is -1.42. The number of hydrogen-bond acceptors (Lipinski definition) is 3. The maximum atomic E-state index is 12.4. The summed E-state index contributed by atoms with van der Waals surface area (Å²) in [5.41, 5.74) is 1.21. The molecule has 0 saturated carbocycles. The Kier molecular flexibility index (Phi) is 4.91. The Bertz CT molecular complexity index is 407. The molecule has 4 heteroatoms. The molecule has 4 nitrogen and oxygen atoms in total. The van der Waals surface area contributed by atoms with Crippen LogP contribution in [0.15, 0.2) is 24.5 Å². The molecule has 2 atom stereocenters. The Morgan fingerprint density at radius 1 is 1.53 bits per heavy atom. The van der Waals surface area contributed by atoms with Gasteiger partial charge in [-0.25, -0.2) is 0 Å². The second-order valence-corrected chi connectivity index (χ2v) is 5.19. The maximum Gasteiger partial charge on any atom is 0.224 e. The molecular formula is C15H23N3O. The molecule has 0 spiro atoms. The molecule has 1 N–H and O–H groups in total. The minimum Gasteiger partial charge on any atom is -0.336 e. The van der Waals surface area contributed by atoms with E-state index in [0.29, 0.717) is 6.42 Å². The predicted molar refractivity (Wildman–Crippen MR) is 75.7 cm³/mol. The smallest absolute Gasteiger partial charge is 0.224 e. The lowest BCUT2D eigenvalue weighted by Crippen LogP contribution is -2.36. The summed E-state index contributed by atoms with van der Waals surface area (Å²) in [6.45, 7) is 5.92. The lowest BCUT2D eigenvalue weighted by molar-refractivity contribution is -0.132. The number of aromatic nitrogens is 1. The average Bonchev–Trinajstić information content (AvgIpc) is 2.89. The van der Waals surface area contributed by atoms with Crippen molar-refractivity contribution in [1.82, 2.24) is 15.2 Å². The normalized spacial score (nSPS) is 20.5. The number of hydrogen-bond donors (Lipinski definition) is 1. The SMILES string of the molecule is CCNC(C)CC(=O)N1CCCC1c1ccncc1. The van der Waals surface area contributed by atoms with Gasteiger partial charge in [0.25, 0.3) is 0 Å². The molecule has 104 valence electrons. The van der Waals surface area contributed by atoms with Crippen LogP contribution >= 0.6 is 0 Å². The third-order valence-corrected chi connectivity index (χ3v) is 3.70. The fourth-order valence-corrected chi connectivity index (χ4v) is 2.80. The van der Waals surface area contributed by atoms with E-state index in [1.807, 2.05) is 17.0 Å². The molecule has 0 bridgehead atoms. The van der Waals surface area contributed by atoms with E-state index in [1.54, 1.807) is 12.4 Å². The lowest BCUT2D eigenvalue weighted by Gasteiger charge is -2.26. The third kappa shape index (κ3) is 3.53. The number of nitrogens with zero attached hydrogens (tertiary/aromatic N) is 2. The van der Waals surface area contributed by atoms with E-state index in [0.717, 1.165) is 25.9 Å². The zero-order valence-electron chi connectivity index (χ0n) is 11.8. The van der Waals surface area contributed by atoms with Gasteiger partial charge in [-0.2, -0.15) is 0 Å². The summed E-state index contributed by atoms with van der Waals surface area (Å²) in [6.07, 6.45) is 6.34. The molecule has 1 fully saturated rings. The van der Waals surface area contributed by atoms with Gasteiger partial charge in [0, 0.05) is 31.4 Å². The van der Waals surface area contributed by atoms with E-state index >= 15 is 0 Å². The number of carbonyl (C=O) groups is 1. The van der Waals surface area contributed by atoms with Crippen LogP contribution in [0, 0.1) is 0 Å². The topological polar surface area (TPSA) is 45.2 Å². The second-order valence-electron chi connectivity index (χ2n) is 5.19. The van der Waals surface area contributed by atoms with Gasteiger partial charge in [-0.05, 0) is 44.0 Å². The van der Waals surface area contributed by atoms with Crippen LogP contribution in [-0.4, -0.2) is 34.9 Å². The van der Waals surface area contributed by atoms with Crippen LogP contribution < -0.4 is 5.32 Å². The Morgan fingerprint density at radius 2 is 2.26 bits per heavy atom. The van der Waals surface area contributed by atoms with Crippen molar-refractivity contribution in [3.05, 3.63) is 30.1 Å². The van der Waals surface area contributed by atoms with Crippen LogP contribution in [0.2, 0.25) is 0 Å². The van der Waals surface area contributed by atoms with Crippen molar-refractivity contribution in [2.45, 2.75) is 45.2 Å². The average molecular weight is 261 g/mol. The van der Waals surface area contributed by atoms with E-state index in [-0.39, 0.29) is 18.0 Å². The molecule has 1 amide bonds. The number of rotatable bonds is 5. The fourth-order valence-electron chi connectivity index (χ4n) is 2.80. The Labute approximate surface area is 115 Å². The van der Waals surface area contributed by atoms with Crippen molar-refractivity contribution in [3.8, 4) is 0 Å². The molecule has 1 aromatic rings. The van der Waals surface area contributed by atoms with Gasteiger partial charge < -0.3 is 10.2 Å². The number of amides is 1. The molecule has 1 aromatic heterocycles. The summed E-state index contributed by atoms with van der Waals surface area (Å²) in [6, 6.07) is 4.52. The summed E-state index contributed by atoms with van der Waals surface area (Å²) in [7, 11) is 0. The molecule has 1 saturated heterocycles. The summed E-state index contributed by atoms with van der Waals surface area (Å²) >= 11 is 0. The highest BCUT2D eigenvalue weighted by Gasteiger charge is 2.30. The van der Waals surface area contributed by atoms with E-state index in [2.05, 4.69) is 24.1 Å². The van der Waals surface area contributed by atoms with E-state index in [4.69, 9.17) is 0 Å². The van der Waals surface area contributed by atoms with Gasteiger partial charge in [-0.3, -0.25) is 9.78 Å². The lowest BCUT2D eigenvalue weighted by atomic mass is 10.1. The minimum absolute atomic E-state index is 0.240. The molecule has 1 aliphatic heterocycles. The van der Waals surface area contributed by atoms with Crippen molar-refractivity contribution in [2.75, 3.05) is 13.1 Å². The van der Waals surface area contributed by atoms with Gasteiger partial charge in [0.1, 0.15) is 0 Å². The number of nitrogens with one attached hydrogen (secondary N) is 1. The Balaban J connectivity index is 2.01. The zero-order chi connectivity index (χ0) is 13.7. The largest absolute Gasteiger partial charge is 0.336 e. The highest BCUT2D eigenvalue weighted by Crippen LogP contribution is 2.32.